The van der Waals surface area contributed by atoms with Gasteiger partial charge >= 0.3 is 5.97 Å². The number of aliphatic carboxylic acids is 1. The van der Waals surface area contributed by atoms with Crippen molar-refractivity contribution in [3.8, 4) is 0 Å². The van der Waals surface area contributed by atoms with Crippen LogP contribution in [0.25, 0.3) is 0 Å². The van der Waals surface area contributed by atoms with Gasteiger partial charge in [-0.2, -0.15) is 0 Å². The number of carboxylic acid groups (broad SMARTS) is 1. The van der Waals surface area contributed by atoms with Crippen LogP contribution in [0.4, 0.5) is 0 Å². The summed E-state index contributed by atoms with van der Waals surface area (Å²) in [6.45, 7) is 8.26. The van der Waals surface area contributed by atoms with Crippen molar-refractivity contribution in [2.45, 2.75) is 38.7 Å². The van der Waals surface area contributed by atoms with Crippen LogP contribution in [0.3, 0.4) is 0 Å². The van der Waals surface area contributed by atoms with Crippen molar-refractivity contribution in [3.05, 3.63) is 0 Å². The zero-order valence-electron chi connectivity index (χ0n) is 9.78. The second-order valence-corrected chi connectivity index (χ2v) is 5.11. The molecule has 0 saturated carbocycles. The Morgan fingerprint density at radius 3 is 2.13 bits per heavy atom. The Labute approximate surface area is 95.3 Å². The highest BCUT2D eigenvalue weighted by atomic mass is 32.2. The van der Waals surface area contributed by atoms with E-state index in [2.05, 4.69) is 0 Å². The molecule has 0 aliphatic rings. The van der Waals surface area contributed by atoms with Crippen molar-refractivity contribution in [1.82, 2.24) is 0 Å². The minimum Gasteiger partial charge on any atom is -0.480 e. The Balaban J connectivity index is 4.02. The highest BCUT2D eigenvalue weighted by molar-refractivity contribution is 8.01. The topological polar surface area (TPSA) is 55.8 Å². The lowest BCUT2D eigenvalue weighted by Gasteiger charge is -2.22. The summed E-state index contributed by atoms with van der Waals surface area (Å²) in [5.74, 6) is -0.291. The molecule has 90 valence electrons. The van der Waals surface area contributed by atoms with E-state index in [-0.39, 0.29) is 6.29 Å². The molecule has 0 amide bonds. The van der Waals surface area contributed by atoms with Crippen LogP contribution in [-0.4, -0.2) is 41.1 Å². The first kappa shape index (κ1) is 14.7. The molecule has 0 heterocycles. The molecule has 0 aromatic rings. The zero-order chi connectivity index (χ0) is 11.9. The molecule has 0 fully saturated rings. The lowest BCUT2D eigenvalue weighted by atomic mass is 10.2. The molecule has 4 nitrogen and oxygen atoms in total. The van der Waals surface area contributed by atoms with Crippen molar-refractivity contribution in [1.29, 1.82) is 0 Å². The molecule has 5 heteroatoms. The van der Waals surface area contributed by atoms with Crippen molar-refractivity contribution in [3.63, 3.8) is 0 Å². The molecule has 0 unspecified atom stereocenters. The molecule has 0 atom stereocenters. The van der Waals surface area contributed by atoms with Gasteiger partial charge in [0.2, 0.25) is 0 Å². The number of hydrogen-bond donors (Lipinski definition) is 1. The van der Waals surface area contributed by atoms with Crippen LogP contribution in [0.1, 0.15) is 27.7 Å². The van der Waals surface area contributed by atoms with Crippen LogP contribution < -0.4 is 0 Å². The number of hydrogen-bond acceptors (Lipinski definition) is 4. The quantitative estimate of drug-likeness (QED) is 0.653. The Hall–Kier alpha value is -0.260. The monoisotopic (exact) mass is 236 g/mol. The SMILES string of the molecule is CCOC(CSC(C)(C)C(=O)O)OCC. The van der Waals surface area contributed by atoms with E-state index in [0.717, 1.165) is 0 Å². The first-order chi connectivity index (χ1) is 6.94. The lowest BCUT2D eigenvalue weighted by molar-refractivity contribution is -0.139. The minimum absolute atomic E-state index is 0.316. The second-order valence-electron chi connectivity index (χ2n) is 3.47. The van der Waals surface area contributed by atoms with Crippen molar-refractivity contribution in [2.75, 3.05) is 19.0 Å². The first-order valence-corrected chi connectivity index (χ1v) is 6.03. The van der Waals surface area contributed by atoms with E-state index in [9.17, 15) is 4.79 Å². The fourth-order valence-corrected chi connectivity index (χ4v) is 1.72. The van der Waals surface area contributed by atoms with E-state index in [1.165, 1.54) is 11.8 Å². The number of carboxylic acids is 1. The van der Waals surface area contributed by atoms with Crippen LogP contribution in [0.5, 0.6) is 0 Å². The zero-order valence-corrected chi connectivity index (χ0v) is 10.6. The first-order valence-electron chi connectivity index (χ1n) is 5.04. The molecule has 0 rings (SSSR count). The van der Waals surface area contributed by atoms with Gasteiger partial charge in [-0.25, -0.2) is 0 Å². The van der Waals surface area contributed by atoms with E-state index in [4.69, 9.17) is 14.6 Å². The standard InChI is InChI=1S/C10H20O4S/c1-5-13-8(14-6-2)7-15-10(3,4)9(11)12/h8H,5-7H2,1-4H3,(H,11,12). The largest absolute Gasteiger partial charge is 0.480 e. The molecule has 15 heavy (non-hydrogen) atoms. The molecule has 0 spiro atoms. The van der Waals surface area contributed by atoms with Crippen LogP contribution >= 0.6 is 11.8 Å². The second kappa shape index (κ2) is 7.09. The lowest BCUT2D eigenvalue weighted by Crippen LogP contribution is -2.31. The number of carbonyl (C=O) groups is 1. The van der Waals surface area contributed by atoms with Crippen molar-refractivity contribution < 1.29 is 19.4 Å². The molecular formula is C10H20O4S. The van der Waals surface area contributed by atoms with E-state index in [1.54, 1.807) is 13.8 Å². The van der Waals surface area contributed by atoms with Gasteiger partial charge in [-0.05, 0) is 27.7 Å². The smallest absolute Gasteiger partial charge is 0.319 e. The van der Waals surface area contributed by atoms with E-state index in [1.807, 2.05) is 13.8 Å². The number of ether oxygens (including phenoxy) is 2. The van der Waals surface area contributed by atoms with Gasteiger partial charge in [0, 0.05) is 19.0 Å². The summed E-state index contributed by atoms with van der Waals surface area (Å²) in [5, 5.41) is 8.91. The van der Waals surface area contributed by atoms with Gasteiger partial charge in [0.25, 0.3) is 0 Å². The molecular weight excluding hydrogens is 216 g/mol. The average Bonchev–Trinajstić information content (AvgIpc) is 2.15. The van der Waals surface area contributed by atoms with Gasteiger partial charge in [-0.15, -0.1) is 11.8 Å². The van der Waals surface area contributed by atoms with Gasteiger partial charge in [-0.1, -0.05) is 0 Å². The van der Waals surface area contributed by atoms with Gasteiger partial charge in [0.05, 0.1) is 0 Å². The van der Waals surface area contributed by atoms with Gasteiger partial charge in [0.15, 0.2) is 6.29 Å². The maximum Gasteiger partial charge on any atom is 0.319 e. The Morgan fingerprint density at radius 2 is 1.80 bits per heavy atom. The molecule has 0 bridgehead atoms. The predicted molar refractivity (Wildman–Crippen MR) is 61.2 cm³/mol. The third kappa shape index (κ3) is 6.02. The summed E-state index contributed by atoms with van der Waals surface area (Å²) in [5.41, 5.74) is 0. The molecule has 0 aliphatic carbocycles. The Kier molecular flexibility index (Phi) is 6.96. The Morgan fingerprint density at radius 1 is 1.33 bits per heavy atom. The fourth-order valence-electron chi connectivity index (χ4n) is 0.854. The molecule has 0 aromatic carbocycles. The maximum atomic E-state index is 10.8. The summed E-state index contributed by atoms with van der Waals surface area (Å²) in [4.78, 5) is 10.8. The number of thioether (sulfide) groups is 1. The molecule has 0 radical (unpaired) electrons. The summed E-state index contributed by atoms with van der Waals surface area (Å²) in [6.07, 6.45) is -0.316. The van der Waals surface area contributed by atoms with Crippen LogP contribution in [-0.2, 0) is 14.3 Å². The van der Waals surface area contributed by atoms with Crippen molar-refractivity contribution in [2.24, 2.45) is 0 Å². The molecule has 0 aromatic heterocycles. The van der Waals surface area contributed by atoms with Crippen LogP contribution in [0.15, 0.2) is 0 Å². The van der Waals surface area contributed by atoms with Gasteiger partial charge in [0.1, 0.15) is 4.75 Å². The average molecular weight is 236 g/mol. The highest BCUT2D eigenvalue weighted by Crippen LogP contribution is 2.25. The van der Waals surface area contributed by atoms with E-state index in [0.29, 0.717) is 19.0 Å². The summed E-state index contributed by atoms with van der Waals surface area (Å²) < 4.78 is 9.84. The summed E-state index contributed by atoms with van der Waals surface area (Å²) in [7, 11) is 0. The van der Waals surface area contributed by atoms with Gasteiger partial charge < -0.3 is 14.6 Å². The molecule has 0 saturated heterocycles. The molecule has 1 N–H and O–H groups in total. The third-order valence-electron chi connectivity index (χ3n) is 1.80. The minimum atomic E-state index is -0.820. The fraction of sp³-hybridized carbons (Fsp3) is 0.900. The van der Waals surface area contributed by atoms with E-state index < -0.39 is 10.7 Å². The summed E-state index contributed by atoms with van der Waals surface area (Å²) in [6, 6.07) is 0. The van der Waals surface area contributed by atoms with Crippen LogP contribution in [0.2, 0.25) is 0 Å². The Bertz CT molecular complexity index is 188. The predicted octanol–water partition coefficient (Wildman–Crippen LogP) is 1.98. The normalized spacial score (nSPS) is 12.1. The summed E-state index contributed by atoms with van der Waals surface area (Å²) >= 11 is 1.33. The van der Waals surface area contributed by atoms with Gasteiger partial charge in [-0.3, -0.25) is 4.79 Å². The third-order valence-corrected chi connectivity index (χ3v) is 3.14. The molecule has 0 aliphatic heterocycles. The van der Waals surface area contributed by atoms with Crippen molar-refractivity contribution >= 4 is 17.7 Å². The van der Waals surface area contributed by atoms with Crippen LogP contribution in [0, 0.1) is 0 Å². The number of rotatable bonds is 8. The maximum absolute atomic E-state index is 10.8. The van der Waals surface area contributed by atoms with E-state index >= 15 is 0 Å². The highest BCUT2D eigenvalue weighted by Gasteiger charge is 2.28.